The van der Waals surface area contributed by atoms with Crippen LogP contribution in [0, 0.1) is 0 Å². The van der Waals surface area contributed by atoms with Crippen LogP contribution in [0.25, 0.3) is 0 Å². The Morgan fingerprint density at radius 1 is 1.40 bits per heavy atom. The highest BCUT2D eigenvalue weighted by Gasteiger charge is 2.37. The maximum atomic E-state index is 11.8. The standard InChI is InChI=1S/C16H24N2O2/c1-15(2,3)20-14(19)18-13-7-4-6-12(10-13)16(11-17)8-5-9-16/h4,6-7,10H,5,8-9,11,17H2,1-3H3,(H,18,19). The number of ether oxygens (including phenoxy) is 1. The van der Waals surface area contributed by atoms with E-state index >= 15 is 0 Å². The van der Waals surface area contributed by atoms with Gasteiger partial charge in [-0.3, -0.25) is 5.32 Å². The van der Waals surface area contributed by atoms with Crippen LogP contribution < -0.4 is 11.1 Å². The minimum atomic E-state index is -0.492. The van der Waals surface area contributed by atoms with E-state index in [9.17, 15) is 4.79 Å². The van der Waals surface area contributed by atoms with Crippen LogP contribution in [-0.2, 0) is 10.2 Å². The average molecular weight is 276 g/mol. The van der Waals surface area contributed by atoms with E-state index in [-0.39, 0.29) is 5.41 Å². The molecule has 4 heteroatoms. The second-order valence-electron chi connectivity index (χ2n) is 6.55. The summed E-state index contributed by atoms with van der Waals surface area (Å²) in [7, 11) is 0. The number of nitrogens with one attached hydrogen (secondary N) is 1. The van der Waals surface area contributed by atoms with Crippen LogP contribution in [0.4, 0.5) is 10.5 Å². The Hall–Kier alpha value is -1.55. The number of anilines is 1. The fourth-order valence-corrected chi connectivity index (χ4v) is 2.56. The van der Waals surface area contributed by atoms with E-state index in [1.807, 2.05) is 39.0 Å². The monoisotopic (exact) mass is 276 g/mol. The fourth-order valence-electron chi connectivity index (χ4n) is 2.56. The molecule has 0 bridgehead atoms. The molecule has 1 aromatic carbocycles. The molecule has 0 radical (unpaired) electrons. The summed E-state index contributed by atoms with van der Waals surface area (Å²) in [5.74, 6) is 0. The lowest BCUT2D eigenvalue weighted by molar-refractivity contribution is 0.0636. The van der Waals surface area contributed by atoms with Crippen molar-refractivity contribution in [3.63, 3.8) is 0 Å². The van der Waals surface area contributed by atoms with Crippen molar-refractivity contribution in [3.05, 3.63) is 29.8 Å². The van der Waals surface area contributed by atoms with Crippen molar-refractivity contribution in [1.29, 1.82) is 0 Å². The summed E-state index contributed by atoms with van der Waals surface area (Å²) in [5, 5.41) is 2.78. The summed E-state index contributed by atoms with van der Waals surface area (Å²) < 4.78 is 5.26. The van der Waals surface area contributed by atoms with Gasteiger partial charge in [0.05, 0.1) is 0 Å². The molecular formula is C16H24N2O2. The zero-order valence-electron chi connectivity index (χ0n) is 12.5. The van der Waals surface area contributed by atoms with E-state index in [4.69, 9.17) is 10.5 Å². The van der Waals surface area contributed by atoms with E-state index in [1.165, 1.54) is 12.0 Å². The molecule has 2 rings (SSSR count). The Morgan fingerprint density at radius 3 is 2.60 bits per heavy atom. The SMILES string of the molecule is CC(C)(C)OC(=O)Nc1cccc(C2(CN)CCC2)c1. The van der Waals surface area contributed by atoms with E-state index in [0.717, 1.165) is 18.5 Å². The smallest absolute Gasteiger partial charge is 0.412 e. The van der Waals surface area contributed by atoms with Gasteiger partial charge in [-0.1, -0.05) is 18.6 Å². The van der Waals surface area contributed by atoms with Gasteiger partial charge < -0.3 is 10.5 Å². The highest BCUT2D eigenvalue weighted by Crippen LogP contribution is 2.43. The number of amides is 1. The third-order valence-corrected chi connectivity index (χ3v) is 3.82. The second-order valence-corrected chi connectivity index (χ2v) is 6.55. The van der Waals surface area contributed by atoms with Crippen LogP contribution in [0.1, 0.15) is 45.6 Å². The zero-order chi connectivity index (χ0) is 14.8. The van der Waals surface area contributed by atoms with E-state index < -0.39 is 11.7 Å². The predicted molar refractivity (Wildman–Crippen MR) is 80.9 cm³/mol. The van der Waals surface area contributed by atoms with Crippen LogP contribution in [0.15, 0.2) is 24.3 Å². The van der Waals surface area contributed by atoms with Gasteiger partial charge in [-0.05, 0) is 51.3 Å². The molecule has 1 fully saturated rings. The molecule has 0 aromatic heterocycles. The van der Waals surface area contributed by atoms with Gasteiger partial charge in [-0.15, -0.1) is 0 Å². The summed E-state index contributed by atoms with van der Waals surface area (Å²) in [6.07, 6.45) is 3.05. The topological polar surface area (TPSA) is 64.3 Å². The van der Waals surface area contributed by atoms with Crippen molar-refractivity contribution < 1.29 is 9.53 Å². The van der Waals surface area contributed by atoms with Gasteiger partial charge in [-0.2, -0.15) is 0 Å². The minimum Gasteiger partial charge on any atom is -0.444 e. The fraction of sp³-hybridized carbons (Fsp3) is 0.562. The number of nitrogens with two attached hydrogens (primary N) is 1. The summed E-state index contributed by atoms with van der Waals surface area (Å²) in [6, 6.07) is 7.93. The van der Waals surface area contributed by atoms with Crippen molar-refractivity contribution in [2.24, 2.45) is 5.73 Å². The summed E-state index contributed by atoms with van der Waals surface area (Å²) in [6.45, 7) is 6.20. The molecule has 0 spiro atoms. The largest absolute Gasteiger partial charge is 0.444 e. The van der Waals surface area contributed by atoms with E-state index in [2.05, 4.69) is 11.4 Å². The molecule has 0 saturated heterocycles. The first kappa shape index (κ1) is 14.9. The van der Waals surface area contributed by atoms with Crippen LogP contribution in [-0.4, -0.2) is 18.2 Å². The number of benzene rings is 1. The van der Waals surface area contributed by atoms with Crippen molar-refractivity contribution in [3.8, 4) is 0 Å². The maximum absolute atomic E-state index is 11.8. The molecule has 1 aromatic rings. The first-order chi connectivity index (χ1) is 9.35. The molecule has 20 heavy (non-hydrogen) atoms. The van der Waals surface area contributed by atoms with Gasteiger partial charge in [0, 0.05) is 17.6 Å². The van der Waals surface area contributed by atoms with Gasteiger partial charge in [0.2, 0.25) is 0 Å². The quantitative estimate of drug-likeness (QED) is 0.889. The Bertz CT molecular complexity index is 482. The normalized spacial score (nSPS) is 17.2. The third kappa shape index (κ3) is 3.31. The second kappa shape index (κ2) is 5.44. The Kier molecular flexibility index (Phi) is 4.04. The zero-order valence-corrected chi connectivity index (χ0v) is 12.5. The van der Waals surface area contributed by atoms with Crippen molar-refractivity contribution >= 4 is 11.8 Å². The predicted octanol–water partition coefficient (Wildman–Crippen LogP) is 3.41. The molecule has 0 atom stereocenters. The minimum absolute atomic E-state index is 0.103. The molecule has 0 unspecified atom stereocenters. The van der Waals surface area contributed by atoms with Crippen LogP contribution in [0.5, 0.6) is 0 Å². The van der Waals surface area contributed by atoms with Crippen molar-refractivity contribution in [2.75, 3.05) is 11.9 Å². The lowest BCUT2D eigenvalue weighted by Gasteiger charge is -2.41. The Labute approximate surface area is 120 Å². The number of hydrogen-bond acceptors (Lipinski definition) is 3. The number of carbonyl (C=O) groups excluding carboxylic acids is 1. The molecule has 0 heterocycles. The molecule has 1 aliphatic rings. The summed E-state index contributed by atoms with van der Waals surface area (Å²) in [4.78, 5) is 11.8. The van der Waals surface area contributed by atoms with Gasteiger partial charge >= 0.3 is 6.09 Å². The summed E-state index contributed by atoms with van der Waals surface area (Å²) in [5.41, 5.74) is 7.50. The first-order valence-electron chi connectivity index (χ1n) is 7.15. The van der Waals surface area contributed by atoms with Gasteiger partial charge in [0.1, 0.15) is 5.60 Å². The van der Waals surface area contributed by atoms with Crippen molar-refractivity contribution in [1.82, 2.24) is 0 Å². The highest BCUT2D eigenvalue weighted by molar-refractivity contribution is 5.85. The molecule has 1 amide bonds. The summed E-state index contributed by atoms with van der Waals surface area (Å²) >= 11 is 0. The lowest BCUT2D eigenvalue weighted by Crippen LogP contribution is -2.41. The Balaban J connectivity index is 2.09. The first-order valence-corrected chi connectivity index (χ1v) is 7.15. The molecule has 1 aliphatic carbocycles. The number of hydrogen-bond donors (Lipinski definition) is 2. The van der Waals surface area contributed by atoms with Gasteiger partial charge in [0.15, 0.2) is 0 Å². The number of rotatable bonds is 3. The lowest BCUT2D eigenvalue weighted by atomic mass is 9.64. The van der Waals surface area contributed by atoms with E-state index in [0.29, 0.717) is 6.54 Å². The highest BCUT2D eigenvalue weighted by atomic mass is 16.6. The van der Waals surface area contributed by atoms with Gasteiger partial charge in [0.25, 0.3) is 0 Å². The Morgan fingerprint density at radius 2 is 2.10 bits per heavy atom. The molecule has 4 nitrogen and oxygen atoms in total. The number of carbonyl (C=O) groups is 1. The molecule has 0 aliphatic heterocycles. The van der Waals surface area contributed by atoms with Gasteiger partial charge in [-0.25, -0.2) is 4.79 Å². The average Bonchev–Trinajstić information content (AvgIpc) is 2.26. The molecule has 1 saturated carbocycles. The molecule has 3 N–H and O–H groups in total. The maximum Gasteiger partial charge on any atom is 0.412 e. The van der Waals surface area contributed by atoms with Crippen LogP contribution in [0.3, 0.4) is 0 Å². The van der Waals surface area contributed by atoms with Crippen molar-refractivity contribution in [2.45, 2.75) is 51.0 Å². The van der Waals surface area contributed by atoms with E-state index in [1.54, 1.807) is 0 Å². The molecule has 110 valence electrons. The van der Waals surface area contributed by atoms with Crippen LogP contribution >= 0.6 is 0 Å². The molecular weight excluding hydrogens is 252 g/mol. The third-order valence-electron chi connectivity index (χ3n) is 3.82. The van der Waals surface area contributed by atoms with Crippen LogP contribution in [0.2, 0.25) is 0 Å².